The summed E-state index contributed by atoms with van der Waals surface area (Å²) in [5.74, 6) is 0.332. The van der Waals surface area contributed by atoms with Gasteiger partial charge in [-0.05, 0) is 30.7 Å². The molecule has 0 saturated carbocycles. The molecule has 0 aliphatic rings. The number of hydrogen-bond acceptors (Lipinski definition) is 3. The first kappa shape index (κ1) is 8.26. The monoisotopic (exact) mass is 191 g/mol. The van der Waals surface area contributed by atoms with Crippen molar-refractivity contribution >= 4 is 11.3 Å². The number of phenols is 1. The van der Waals surface area contributed by atoms with E-state index in [1.165, 1.54) is 0 Å². The van der Waals surface area contributed by atoms with E-state index < -0.39 is 0 Å². The fourth-order valence-corrected chi connectivity index (χ4v) is 1.73. The number of nitrogens with zero attached hydrogens (tertiary/aromatic N) is 1. The van der Waals surface area contributed by atoms with Crippen LogP contribution in [0.5, 0.6) is 5.75 Å². The second kappa shape index (κ2) is 3.18. The first-order valence-electron chi connectivity index (χ1n) is 3.95. The van der Waals surface area contributed by atoms with Gasteiger partial charge in [0.2, 0.25) is 0 Å². The molecule has 0 fully saturated rings. The molecule has 1 aromatic heterocycles. The van der Waals surface area contributed by atoms with Crippen LogP contribution in [0.2, 0.25) is 0 Å². The molecular weight excluding hydrogens is 182 g/mol. The summed E-state index contributed by atoms with van der Waals surface area (Å²) in [6, 6.07) is 5.51. The van der Waals surface area contributed by atoms with Gasteiger partial charge in [-0.3, -0.25) is 0 Å². The Bertz CT molecular complexity index is 409. The summed E-state index contributed by atoms with van der Waals surface area (Å²) < 4.78 is 0. The van der Waals surface area contributed by atoms with E-state index >= 15 is 0 Å². The minimum atomic E-state index is 0.332. The summed E-state index contributed by atoms with van der Waals surface area (Å²) in [6.07, 6.45) is 0. The van der Waals surface area contributed by atoms with Crippen LogP contribution in [0.15, 0.2) is 29.1 Å². The highest BCUT2D eigenvalue weighted by atomic mass is 32.1. The van der Waals surface area contributed by atoms with E-state index in [9.17, 15) is 5.11 Å². The minimum absolute atomic E-state index is 0.332. The lowest BCUT2D eigenvalue weighted by molar-refractivity contribution is 0.471. The molecule has 0 aliphatic carbocycles. The summed E-state index contributed by atoms with van der Waals surface area (Å²) in [5, 5.41) is 11.3. The normalized spacial score (nSPS) is 10.2. The van der Waals surface area contributed by atoms with Gasteiger partial charge in [0.05, 0.1) is 11.2 Å². The van der Waals surface area contributed by atoms with Gasteiger partial charge in [0.15, 0.2) is 0 Å². The zero-order chi connectivity index (χ0) is 9.26. The average molecular weight is 191 g/mol. The topological polar surface area (TPSA) is 33.1 Å². The Morgan fingerprint density at radius 2 is 2.23 bits per heavy atom. The van der Waals surface area contributed by atoms with Gasteiger partial charge in [-0.25, -0.2) is 4.98 Å². The third-order valence-electron chi connectivity index (χ3n) is 1.92. The highest BCUT2D eigenvalue weighted by Crippen LogP contribution is 2.24. The minimum Gasteiger partial charge on any atom is -0.508 e. The highest BCUT2D eigenvalue weighted by Gasteiger charge is 2.01. The molecule has 2 rings (SSSR count). The van der Waals surface area contributed by atoms with Crippen LogP contribution in [0, 0.1) is 6.92 Å². The van der Waals surface area contributed by atoms with Gasteiger partial charge in [0.1, 0.15) is 5.75 Å². The van der Waals surface area contributed by atoms with Gasteiger partial charge in [-0.15, -0.1) is 11.3 Å². The molecule has 0 radical (unpaired) electrons. The fourth-order valence-electron chi connectivity index (χ4n) is 1.17. The third kappa shape index (κ3) is 1.55. The van der Waals surface area contributed by atoms with Crippen molar-refractivity contribution in [1.82, 2.24) is 4.98 Å². The predicted octanol–water partition coefficient (Wildman–Crippen LogP) is 2.82. The second-order valence-electron chi connectivity index (χ2n) is 2.87. The molecule has 13 heavy (non-hydrogen) atoms. The smallest absolute Gasteiger partial charge is 0.118 e. The summed E-state index contributed by atoms with van der Waals surface area (Å²) in [7, 11) is 0. The molecule has 0 atom stereocenters. The van der Waals surface area contributed by atoms with Crippen molar-refractivity contribution in [1.29, 1.82) is 0 Å². The number of rotatable bonds is 1. The molecule has 0 saturated heterocycles. The maximum absolute atomic E-state index is 9.32. The van der Waals surface area contributed by atoms with E-state index in [1.54, 1.807) is 22.9 Å². The number of aromatic nitrogens is 1. The summed E-state index contributed by atoms with van der Waals surface area (Å²) >= 11 is 1.57. The number of aryl methyl sites for hydroxylation is 1. The lowest BCUT2D eigenvalue weighted by atomic mass is 10.1. The largest absolute Gasteiger partial charge is 0.508 e. The summed E-state index contributed by atoms with van der Waals surface area (Å²) in [5.41, 5.74) is 4.70. The Kier molecular flexibility index (Phi) is 2.02. The number of hydrogen-bond donors (Lipinski definition) is 1. The molecule has 1 aromatic carbocycles. The van der Waals surface area contributed by atoms with Gasteiger partial charge in [-0.1, -0.05) is 0 Å². The standard InChI is InChI=1S/C10H9NOS/c1-7-4-8(2-3-10(7)12)9-5-13-6-11-9/h2-6,12H,1H3. The Morgan fingerprint density at radius 1 is 1.38 bits per heavy atom. The Morgan fingerprint density at radius 3 is 2.85 bits per heavy atom. The number of phenolic OH excluding ortho intramolecular Hbond substituents is 1. The number of benzene rings is 1. The molecule has 2 aromatic rings. The lowest BCUT2D eigenvalue weighted by Gasteiger charge is -2.00. The van der Waals surface area contributed by atoms with Crippen molar-refractivity contribution in [3.8, 4) is 17.0 Å². The van der Waals surface area contributed by atoms with Crippen molar-refractivity contribution in [3.63, 3.8) is 0 Å². The van der Waals surface area contributed by atoms with Crippen LogP contribution in [0.4, 0.5) is 0 Å². The van der Waals surface area contributed by atoms with Gasteiger partial charge in [0.25, 0.3) is 0 Å². The zero-order valence-electron chi connectivity index (χ0n) is 7.19. The van der Waals surface area contributed by atoms with Gasteiger partial charge in [0, 0.05) is 10.9 Å². The molecule has 0 unspecified atom stereocenters. The van der Waals surface area contributed by atoms with E-state index in [2.05, 4.69) is 4.98 Å². The Hall–Kier alpha value is -1.35. The van der Waals surface area contributed by atoms with Crippen molar-refractivity contribution < 1.29 is 5.11 Å². The van der Waals surface area contributed by atoms with Crippen molar-refractivity contribution in [2.45, 2.75) is 6.92 Å². The molecular formula is C10H9NOS. The second-order valence-corrected chi connectivity index (χ2v) is 3.59. The van der Waals surface area contributed by atoms with Gasteiger partial charge < -0.3 is 5.11 Å². The fraction of sp³-hybridized carbons (Fsp3) is 0.100. The van der Waals surface area contributed by atoms with Crippen LogP contribution in [0.1, 0.15) is 5.56 Å². The molecule has 1 heterocycles. The van der Waals surface area contributed by atoms with Crippen molar-refractivity contribution in [3.05, 3.63) is 34.7 Å². The van der Waals surface area contributed by atoms with Crippen LogP contribution < -0.4 is 0 Å². The van der Waals surface area contributed by atoms with Crippen molar-refractivity contribution in [2.24, 2.45) is 0 Å². The van der Waals surface area contributed by atoms with E-state index in [1.807, 2.05) is 24.4 Å². The van der Waals surface area contributed by atoms with Crippen LogP contribution in [0.25, 0.3) is 11.3 Å². The quantitative estimate of drug-likeness (QED) is 0.751. The zero-order valence-corrected chi connectivity index (χ0v) is 8.01. The lowest BCUT2D eigenvalue weighted by Crippen LogP contribution is -1.79. The maximum atomic E-state index is 9.32. The average Bonchev–Trinajstić information content (AvgIpc) is 2.62. The van der Waals surface area contributed by atoms with Crippen molar-refractivity contribution in [2.75, 3.05) is 0 Å². The van der Waals surface area contributed by atoms with Gasteiger partial charge in [-0.2, -0.15) is 0 Å². The molecule has 0 amide bonds. The van der Waals surface area contributed by atoms with E-state index in [-0.39, 0.29) is 0 Å². The number of thiazole rings is 1. The Labute approximate surface area is 80.5 Å². The maximum Gasteiger partial charge on any atom is 0.118 e. The van der Waals surface area contributed by atoms with E-state index in [0.29, 0.717) is 5.75 Å². The SMILES string of the molecule is Cc1cc(-c2cscn2)ccc1O. The molecule has 0 spiro atoms. The van der Waals surface area contributed by atoms with Crippen LogP contribution in [0.3, 0.4) is 0 Å². The Balaban J connectivity index is 2.49. The van der Waals surface area contributed by atoms with Crippen LogP contribution in [-0.4, -0.2) is 10.1 Å². The predicted molar refractivity (Wildman–Crippen MR) is 54.0 cm³/mol. The van der Waals surface area contributed by atoms with Gasteiger partial charge >= 0.3 is 0 Å². The molecule has 3 heteroatoms. The molecule has 0 aliphatic heterocycles. The molecule has 1 N–H and O–H groups in total. The number of aromatic hydroxyl groups is 1. The highest BCUT2D eigenvalue weighted by molar-refractivity contribution is 7.07. The molecule has 66 valence electrons. The molecule has 0 bridgehead atoms. The van der Waals surface area contributed by atoms with E-state index in [0.717, 1.165) is 16.8 Å². The molecule has 2 nitrogen and oxygen atoms in total. The summed E-state index contributed by atoms with van der Waals surface area (Å²) in [4.78, 5) is 4.19. The summed E-state index contributed by atoms with van der Waals surface area (Å²) in [6.45, 7) is 1.88. The third-order valence-corrected chi connectivity index (χ3v) is 2.51. The van der Waals surface area contributed by atoms with Crippen LogP contribution >= 0.6 is 11.3 Å². The van der Waals surface area contributed by atoms with Crippen LogP contribution in [-0.2, 0) is 0 Å². The first-order valence-corrected chi connectivity index (χ1v) is 4.90. The first-order chi connectivity index (χ1) is 6.27. The van der Waals surface area contributed by atoms with E-state index in [4.69, 9.17) is 0 Å².